The third-order valence-electron chi connectivity index (χ3n) is 6.45. The van der Waals surface area contributed by atoms with Gasteiger partial charge in [-0.05, 0) is 61.8 Å². The lowest BCUT2D eigenvalue weighted by molar-refractivity contribution is -0.129. The number of likely N-dealkylation sites (N-methyl/N-ethyl adjacent to an activating group) is 1. The Balaban J connectivity index is 1.36. The Morgan fingerprint density at radius 1 is 1.18 bits per heavy atom. The fourth-order valence-corrected chi connectivity index (χ4v) is 4.91. The standard InChI is InChI=1S/C25H28N4O4/c1-28(2)11-13-32-18-8-6-16(7-9-18)25-26-24(27-33-25)20-5-3-4-19-21(20)14-17-15-22(31)29(10-12-30)23(17)19/h3-9,17,23,30H,10-15H2,1-2H3/t17-,23+/m1/s1. The lowest BCUT2D eigenvalue weighted by Gasteiger charge is -2.24. The number of hydrogen-bond donors (Lipinski definition) is 1. The molecule has 0 unspecified atom stereocenters. The van der Waals surface area contributed by atoms with E-state index in [1.165, 1.54) is 5.56 Å². The summed E-state index contributed by atoms with van der Waals surface area (Å²) in [5.74, 6) is 2.15. The summed E-state index contributed by atoms with van der Waals surface area (Å²) in [5.41, 5.74) is 4.07. The second-order valence-corrected chi connectivity index (χ2v) is 8.90. The highest BCUT2D eigenvalue weighted by molar-refractivity contribution is 5.81. The molecule has 5 rings (SSSR count). The van der Waals surface area contributed by atoms with E-state index in [4.69, 9.17) is 9.26 Å². The maximum absolute atomic E-state index is 12.4. The number of benzene rings is 2. The Hall–Kier alpha value is -3.23. The van der Waals surface area contributed by atoms with Gasteiger partial charge in [0.15, 0.2) is 0 Å². The number of rotatable bonds is 8. The van der Waals surface area contributed by atoms with Crippen LogP contribution in [0.1, 0.15) is 23.6 Å². The molecule has 2 aromatic carbocycles. The molecule has 1 saturated heterocycles. The lowest BCUT2D eigenvalue weighted by atomic mass is 10.0. The highest BCUT2D eigenvalue weighted by Crippen LogP contribution is 2.49. The maximum Gasteiger partial charge on any atom is 0.258 e. The maximum atomic E-state index is 12.4. The molecule has 1 aliphatic heterocycles. The zero-order chi connectivity index (χ0) is 22.9. The number of aliphatic hydroxyl groups excluding tert-OH is 1. The van der Waals surface area contributed by atoms with E-state index in [2.05, 4.69) is 21.1 Å². The number of likely N-dealkylation sites (tertiary alicyclic amines) is 1. The van der Waals surface area contributed by atoms with Gasteiger partial charge in [-0.2, -0.15) is 4.98 Å². The Kier molecular flexibility index (Phi) is 5.86. The molecule has 1 aromatic heterocycles. The molecule has 0 bridgehead atoms. The average molecular weight is 449 g/mol. The number of carbonyl (C=O) groups is 1. The number of nitrogens with zero attached hydrogens (tertiary/aromatic N) is 4. The van der Waals surface area contributed by atoms with Gasteiger partial charge in [-0.1, -0.05) is 23.4 Å². The van der Waals surface area contributed by atoms with Crippen LogP contribution in [0.25, 0.3) is 22.8 Å². The molecule has 0 saturated carbocycles. The van der Waals surface area contributed by atoms with E-state index in [1.807, 2.05) is 55.4 Å². The van der Waals surface area contributed by atoms with Crippen molar-refractivity contribution in [3.05, 3.63) is 53.6 Å². The van der Waals surface area contributed by atoms with Gasteiger partial charge in [-0.3, -0.25) is 4.79 Å². The second kappa shape index (κ2) is 8.96. The summed E-state index contributed by atoms with van der Waals surface area (Å²) in [6, 6.07) is 13.7. The molecule has 2 aliphatic rings. The summed E-state index contributed by atoms with van der Waals surface area (Å²) in [6.45, 7) is 1.81. The predicted molar refractivity (Wildman–Crippen MR) is 123 cm³/mol. The van der Waals surface area contributed by atoms with Gasteiger partial charge >= 0.3 is 0 Å². The smallest absolute Gasteiger partial charge is 0.258 e. The zero-order valence-electron chi connectivity index (χ0n) is 18.9. The van der Waals surface area contributed by atoms with Gasteiger partial charge in [0.2, 0.25) is 11.7 Å². The first-order chi connectivity index (χ1) is 16.0. The first-order valence-electron chi connectivity index (χ1n) is 11.3. The predicted octanol–water partition coefficient (Wildman–Crippen LogP) is 2.78. The molecule has 0 radical (unpaired) electrons. The van der Waals surface area contributed by atoms with Gasteiger partial charge < -0.3 is 24.2 Å². The van der Waals surface area contributed by atoms with E-state index >= 15 is 0 Å². The Morgan fingerprint density at radius 2 is 2.00 bits per heavy atom. The summed E-state index contributed by atoms with van der Waals surface area (Å²) in [5, 5.41) is 13.7. The van der Waals surface area contributed by atoms with Crippen molar-refractivity contribution in [2.75, 3.05) is 40.4 Å². The minimum absolute atomic E-state index is 0.0195. The monoisotopic (exact) mass is 448 g/mol. The molecule has 0 spiro atoms. The van der Waals surface area contributed by atoms with E-state index in [0.717, 1.165) is 35.4 Å². The molecule has 2 atom stereocenters. The van der Waals surface area contributed by atoms with Crippen LogP contribution in [-0.2, 0) is 11.2 Å². The van der Waals surface area contributed by atoms with Crippen molar-refractivity contribution in [3.8, 4) is 28.6 Å². The molecule has 8 heteroatoms. The molecular formula is C25H28N4O4. The molecule has 1 N–H and O–H groups in total. The number of aromatic nitrogens is 2. The van der Waals surface area contributed by atoms with Gasteiger partial charge in [0.05, 0.1) is 12.6 Å². The Morgan fingerprint density at radius 3 is 2.76 bits per heavy atom. The molecule has 33 heavy (non-hydrogen) atoms. The number of ether oxygens (including phenoxy) is 1. The third kappa shape index (κ3) is 4.12. The zero-order valence-corrected chi connectivity index (χ0v) is 18.9. The number of fused-ring (bicyclic) bond motifs is 3. The van der Waals surface area contributed by atoms with Crippen molar-refractivity contribution in [1.29, 1.82) is 0 Å². The molecule has 3 aromatic rings. The normalized spacial score (nSPS) is 19.3. The molecule has 8 nitrogen and oxygen atoms in total. The van der Waals surface area contributed by atoms with Crippen LogP contribution in [0, 0.1) is 5.92 Å². The van der Waals surface area contributed by atoms with Crippen molar-refractivity contribution in [2.24, 2.45) is 5.92 Å². The molecule has 1 amide bonds. The molecule has 1 fully saturated rings. The highest BCUT2D eigenvalue weighted by Gasteiger charge is 2.46. The quantitative estimate of drug-likeness (QED) is 0.567. The number of carbonyl (C=O) groups excluding carboxylic acids is 1. The van der Waals surface area contributed by atoms with Crippen LogP contribution in [-0.4, -0.2) is 71.4 Å². The van der Waals surface area contributed by atoms with Crippen LogP contribution >= 0.6 is 0 Å². The fraction of sp³-hybridized carbons (Fsp3) is 0.400. The summed E-state index contributed by atoms with van der Waals surface area (Å²) in [4.78, 5) is 20.9. The van der Waals surface area contributed by atoms with Crippen LogP contribution in [0.5, 0.6) is 5.75 Å². The minimum atomic E-state index is -0.0301. The minimum Gasteiger partial charge on any atom is -0.492 e. The van der Waals surface area contributed by atoms with Gasteiger partial charge in [0.25, 0.3) is 5.89 Å². The van der Waals surface area contributed by atoms with E-state index in [-0.39, 0.29) is 24.5 Å². The second-order valence-electron chi connectivity index (χ2n) is 8.90. The average Bonchev–Trinajstić information content (AvgIpc) is 3.49. The summed E-state index contributed by atoms with van der Waals surface area (Å²) >= 11 is 0. The first-order valence-corrected chi connectivity index (χ1v) is 11.3. The van der Waals surface area contributed by atoms with Crippen LogP contribution in [0.3, 0.4) is 0 Å². The molecular weight excluding hydrogens is 420 g/mol. The topological polar surface area (TPSA) is 91.9 Å². The number of amides is 1. The highest BCUT2D eigenvalue weighted by atomic mass is 16.5. The van der Waals surface area contributed by atoms with Gasteiger partial charge in [0, 0.05) is 30.6 Å². The first kappa shape index (κ1) is 21.6. The summed E-state index contributed by atoms with van der Waals surface area (Å²) in [7, 11) is 4.03. The summed E-state index contributed by atoms with van der Waals surface area (Å²) in [6.07, 6.45) is 1.31. The van der Waals surface area contributed by atoms with E-state index in [9.17, 15) is 9.90 Å². The van der Waals surface area contributed by atoms with E-state index in [0.29, 0.717) is 31.3 Å². The van der Waals surface area contributed by atoms with Gasteiger partial charge in [0.1, 0.15) is 12.4 Å². The van der Waals surface area contributed by atoms with Crippen molar-refractivity contribution >= 4 is 5.91 Å². The number of aliphatic hydroxyl groups is 1. The Bertz CT molecular complexity index is 1140. The molecule has 1 aliphatic carbocycles. The third-order valence-corrected chi connectivity index (χ3v) is 6.45. The fourth-order valence-electron chi connectivity index (χ4n) is 4.91. The SMILES string of the molecule is CN(C)CCOc1ccc(-c2nc(-c3cccc4c3C[C@@H]3CC(=O)N(CCO)[C@H]43)no2)cc1. The number of hydrogen-bond acceptors (Lipinski definition) is 7. The summed E-state index contributed by atoms with van der Waals surface area (Å²) < 4.78 is 11.3. The largest absolute Gasteiger partial charge is 0.492 e. The number of β-amino-alcohol motifs (C(OH)–C–C–N with tert-alkyl or cyclic N) is 1. The van der Waals surface area contributed by atoms with Crippen molar-refractivity contribution < 1.29 is 19.2 Å². The van der Waals surface area contributed by atoms with Crippen LogP contribution in [0.15, 0.2) is 47.0 Å². The van der Waals surface area contributed by atoms with Crippen LogP contribution in [0.4, 0.5) is 0 Å². The van der Waals surface area contributed by atoms with Gasteiger partial charge in [-0.25, -0.2) is 0 Å². The van der Waals surface area contributed by atoms with E-state index < -0.39 is 0 Å². The van der Waals surface area contributed by atoms with Crippen LogP contribution in [0.2, 0.25) is 0 Å². The van der Waals surface area contributed by atoms with Crippen molar-refractivity contribution in [1.82, 2.24) is 19.9 Å². The van der Waals surface area contributed by atoms with Crippen LogP contribution < -0.4 is 4.74 Å². The lowest BCUT2D eigenvalue weighted by Crippen LogP contribution is -2.30. The van der Waals surface area contributed by atoms with Crippen molar-refractivity contribution in [3.63, 3.8) is 0 Å². The van der Waals surface area contributed by atoms with E-state index in [1.54, 1.807) is 0 Å². The van der Waals surface area contributed by atoms with Crippen molar-refractivity contribution in [2.45, 2.75) is 18.9 Å². The molecule has 172 valence electrons. The Labute approximate surface area is 192 Å². The molecule has 2 heterocycles. The van der Waals surface area contributed by atoms with Gasteiger partial charge in [-0.15, -0.1) is 0 Å².